The molecule has 2 N–H and O–H groups in total. The first-order valence-corrected chi connectivity index (χ1v) is 10.5. The van der Waals surface area contributed by atoms with Crippen molar-refractivity contribution >= 4 is 29.9 Å². The molecule has 0 radical (unpaired) electrons. The molecule has 2 heterocycles. The number of benzene rings is 1. The van der Waals surface area contributed by atoms with Crippen molar-refractivity contribution in [2.75, 3.05) is 40.0 Å². The van der Waals surface area contributed by atoms with E-state index in [0.717, 1.165) is 57.4 Å². The highest BCUT2D eigenvalue weighted by Gasteiger charge is 2.37. The highest BCUT2D eigenvalue weighted by atomic mass is 127. The molecular weight excluding hydrogens is 491 g/mol. The van der Waals surface area contributed by atoms with Crippen molar-refractivity contribution in [3.05, 3.63) is 53.9 Å². The Labute approximate surface area is 197 Å². The quantitative estimate of drug-likeness (QED) is 0.313. The zero-order valence-electron chi connectivity index (χ0n) is 18.3. The van der Waals surface area contributed by atoms with Crippen molar-refractivity contribution in [3.63, 3.8) is 0 Å². The van der Waals surface area contributed by atoms with Crippen LogP contribution in [0.3, 0.4) is 0 Å². The van der Waals surface area contributed by atoms with E-state index in [1.807, 2.05) is 12.1 Å². The molecule has 0 aliphatic carbocycles. The lowest BCUT2D eigenvalue weighted by atomic mass is 9.73. The fourth-order valence-corrected chi connectivity index (χ4v) is 3.91. The summed E-state index contributed by atoms with van der Waals surface area (Å²) in [7, 11) is 1.75. The van der Waals surface area contributed by atoms with E-state index in [9.17, 15) is 0 Å². The zero-order chi connectivity index (χ0) is 20.5. The Morgan fingerprint density at radius 3 is 2.60 bits per heavy atom. The fraction of sp³-hybridized carbons (Fsp3) is 0.522. The predicted octanol–water partition coefficient (Wildman–Crippen LogP) is 3.73. The number of halogens is 1. The van der Waals surface area contributed by atoms with Crippen LogP contribution in [0.1, 0.15) is 30.9 Å². The Balaban J connectivity index is 0.00000320. The maximum atomic E-state index is 5.72. The van der Waals surface area contributed by atoms with Gasteiger partial charge in [0.2, 0.25) is 0 Å². The molecule has 1 aromatic carbocycles. The molecule has 1 aliphatic rings. The molecule has 1 fully saturated rings. The molecule has 0 spiro atoms. The Morgan fingerprint density at radius 2 is 1.93 bits per heavy atom. The van der Waals surface area contributed by atoms with Gasteiger partial charge < -0.3 is 24.7 Å². The summed E-state index contributed by atoms with van der Waals surface area (Å²) < 4.78 is 13.6. The second-order valence-electron chi connectivity index (χ2n) is 7.64. The second kappa shape index (κ2) is 12.2. The molecule has 7 heteroatoms. The number of rotatable bonds is 8. The number of ether oxygens (including phenoxy) is 2. The molecule has 0 amide bonds. The first-order valence-electron chi connectivity index (χ1n) is 10.5. The van der Waals surface area contributed by atoms with E-state index in [4.69, 9.17) is 14.5 Å². The van der Waals surface area contributed by atoms with E-state index in [0.29, 0.717) is 6.54 Å². The molecule has 0 saturated carbocycles. The molecule has 166 valence electrons. The summed E-state index contributed by atoms with van der Waals surface area (Å²) in [6.45, 7) is 9.00. The Morgan fingerprint density at radius 1 is 1.20 bits per heavy atom. The predicted molar refractivity (Wildman–Crippen MR) is 133 cm³/mol. The summed E-state index contributed by atoms with van der Waals surface area (Å²) in [5, 5.41) is 6.84. The number of aliphatic imine (C=N–C) groups is 1. The number of hydrogen-bond acceptors (Lipinski definition) is 3. The summed E-state index contributed by atoms with van der Waals surface area (Å²) in [5.74, 6) is 1.80. The molecule has 0 bridgehead atoms. The third-order valence-electron chi connectivity index (χ3n) is 5.59. The summed E-state index contributed by atoms with van der Waals surface area (Å²) >= 11 is 0. The van der Waals surface area contributed by atoms with Crippen molar-refractivity contribution in [3.8, 4) is 5.75 Å². The molecule has 30 heavy (non-hydrogen) atoms. The van der Waals surface area contributed by atoms with Crippen LogP contribution in [-0.2, 0) is 16.7 Å². The van der Waals surface area contributed by atoms with Crippen molar-refractivity contribution < 1.29 is 9.47 Å². The standard InChI is InChI=1S/C23H34N4O2.HI/c1-4-24-22(25-11-14-27-12-5-6-13-27)26-18-23(9-15-29-16-10-23)20-17-19(2)7-8-21(20)28-3;/h5-8,12-13,17H,4,9-11,14-16,18H2,1-3H3,(H2,24,25,26);1H. The van der Waals surface area contributed by atoms with Gasteiger partial charge in [0, 0.05) is 56.2 Å². The number of guanidine groups is 1. The molecule has 0 unspecified atom stereocenters. The minimum Gasteiger partial charge on any atom is -0.496 e. The topological polar surface area (TPSA) is 59.8 Å². The van der Waals surface area contributed by atoms with Crippen LogP contribution < -0.4 is 15.4 Å². The van der Waals surface area contributed by atoms with Gasteiger partial charge in [0.15, 0.2) is 5.96 Å². The fourth-order valence-electron chi connectivity index (χ4n) is 3.91. The van der Waals surface area contributed by atoms with Crippen molar-refractivity contribution in [1.29, 1.82) is 0 Å². The number of aromatic nitrogens is 1. The molecule has 2 aromatic rings. The van der Waals surface area contributed by atoms with Crippen LogP contribution >= 0.6 is 24.0 Å². The summed E-state index contributed by atoms with van der Waals surface area (Å²) in [6, 6.07) is 10.5. The average molecular weight is 526 g/mol. The van der Waals surface area contributed by atoms with E-state index in [2.05, 4.69) is 59.6 Å². The lowest BCUT2D eigenvalue weighted by molar-refractivity contribution is 0.0522. The van der Waals surface area contributed by atoms with Gasteiger partial charge in [0.05, 0.1) is 13.7 Å². The van der Waals surface area contributed by atoms with Crippen LogP contribution in [0.25, 0.3) is 0 Å². The first kappa shape index (κ1) is 24.5. The molecule has 1 aliphatic heterocycles. The Bertz CT molecular complexity index is 787. The van der Waals surface area contributed by atoms with Crippen LogP contribution in [0.15, 0.2) is 47.7 Å². The van der Waals surface area contributed by atoms with E-state index in [-0.39, 0.29) is 29.4 Å². The van der Waals surface area contributed by atoms with E-state index < -0.39 is 0 Å². The molecule has 1 aromatic heterocycles. The smallest absolute Gasteiger partial charge is 0.191 e. The minimum absolute atomic E-state index is 0. The van der Waals surface area contributed by atoms with E-state index >= 15 is 0 Å². The second-order valence-corrected chi connectivity index (χ2v) is 7.64. The average Bonchev–Trinajstić information content (AvgIpc) is 3.26. The number of methoxy groups -OCH3 is 1. The third-order valence-corrected chi connectivity index (χ3v) is 5.59. The summed E-state index contributed by atoms with van der Waals surface area (Å²) in [4.78, 5) is 4.98. The van der Waals surface area contributed by atoms with Gasteiger partial charge in [-0.2, -0.15) is 0 Å². The Hall–Kier alpha value is -1.74. The number of nitrogens with zero attached hydrogens (tertiary/aromatic N) is 2. The lowest BCUT2D eigenvalue weighted by Gasteiger charge is -2.37. The highest BCUT2D eigenvalue weighted by molar-refractivity contribution is 14.0. The summed E-state index contributed by atoms with van der Waals surface area (Å²) in [5.41, 5.74) is 2.42. The van der Waals surface area contributed by atoms with Gasteiger partial charge in [0.25, 0.3) is 0 Å². The highest BCUT2D eigenvalue weighted by Crippen LogP contribution is 2.40. The minimum atomic E-state index is -0.0710. The van der Waals surface area contributed by atoms with Crippen molar-refractivity contribution in [2.24, 2.45) is 4.99 Å². The zero-order valence-corrected chi connectivity index (χ0v) is 20.6. The molecule has 0 atom stereocenters. The lowest BCUT2D eigenvalue weighted by Crippen LogP contribution is -2.42. The maximum Gasteiger partial charge on any atom is 0.191 e. The number of aryl methyl sites for hydroxylation is 1. The molecular formula is C23H35IN4O2. The van der Waals surface area contributed by atoms with Crippen LogP contribution in [0.2, 0.25) is 0 Å². The van der Waals surface area contributed by atoms with Gasteiger partial charge in [-0.15, -0.1) is 24.0 Å². The van der Waals surface area contributed by atoms with Crippen LogP contribution in [0.4, 0.5) is 0 Å². The van der Waals surface area contributed by atoms with Crippen LogP contribution in [0, 0.1) is 6.92 Å². The van der Waals surface area contributed by atoms with Gasteiger partial charge in [0.1, 0.15) is 5.75 Å². The maximum absolute atomic E-state index is 5.72. The summed E-state index contributed by atoms with van der Waals surface area (Å²) in [6.07, 6.45) is 6.04. The van der Waals surface area contributed by atoms with Crippen molar-refractivity contribution in [2.45, 2.75) is 38.6 Å². The van der Waals surface area contributed by atoms with Gasteiger partial charge in [-0.25, -0.2) is 0 Å². The van der Waals surface area contributed by atoms with E-state index in [1.165, 1.54) is 11.1 Å². The number of hydrogen-bond donors (Lipinski definition) is 2. The van der Waals surface area contributed by atoms with Gasteiger partial charge >= 0.3 is 0 Å². The van der Waals surface area contributed by atoms with Gasteiger partial charge in [-0.1, -0.05) is 17.7 Å². The van der Waals surface area contributed by atoms with Gasteiger partial charge in [-0.3, -0.25) is 4.99 Å². The largest absolute Gasteiger partial charge is 0.496 e. The van der Waals surface area contributed by atoms with Crippen LogP contribution in [0.5, 0.6) is 5.75 Å². The normalized spacial score (nSPS) is 15.9. The third kappa shape index (κ3) is 6.38. The molecule has 6 nitrogen and oxygen atoms in total. The first-order chi connectivity index (χ1) is 14.2. The molecule has 1 saturated heterocycles. The molecule has 3 rings (SSSR count). The van der Waals surface area contributed by atoms with Crippen molar-refractivity contribution in [1.82, 2.24) is 15.2 Å². The number of nitrogens with one attached hydrogen (secondary N) is 2. The Kier molecular flexibility index (Phi) is 9.97. The monoisotopic (exact) mass is 526 g/mol. The van der Waals surface area contributed by atoms with Gasteiger partial charge in [-0.05, 0) is 44.9 Å². The SMILES string of the molecule is CCNC(=NCC1(c2cc(C)ccc2OC)CCOCC1)NCCn1cccc1.I. The van der Waals surface area contributed by atoms with Crippen LogP contribution in [-0.4, -0.2) is 50.5 Å². The van der Waals surface area contributed by atoms with E-state index in [1.54, 1.807) is 7.11 Å².